The standard InChI is InChI=1S/C25H26F7NO5S/c1-14(22(34)35)13-38-20-11-21-19(10-18(20)25(30,31)32)33(17-6-4-16(26)5-7-17)12-15(8-9-23(2,27)28)24(3,29)39(21,36)37/h4-7,10-11,14-15H,8-9,12-13H2,1-3H3,(H,34,35)/t14-,15+,24-/m1/s1. The monoisotopic (exact) mass is 585 g/mol. The van der Waals surface area contributed by atoms with E-state index in [9.17, 15) is 39.6 Å². The quantitative estimate of drug-likeness (QED) is 0.351. The Balaban J connectivity index is 2.30. The number of hydrogen-bond acceptors (Lipinski definition) is 5. The number of sulfone groups is 1. The molecule has 0 saturated carbocycles. The van der Waals surface area contributed by atoms with E-state index in [1.807, 2.05) is 0 Å². The van der Waals surface area contributed by atoms with Gasteiger partial charge in [-0.3, -0.25) is 4.79 Å². The van der Waals surface area contributed by atoms with Crippen molar-refractivity contribution < 1.29 is 53.8 Å². The molecular weight excluding hydrogens is 559 g/mol. The minimum Gasteiger partial charge on any atom is -0.492 e. The Morgan fingerprint density at radius 3 is 2.28 bits per heavy atom. The van der Waals surface area contributed by atoms with E-state index in [0.717, 1.165) is 36.1 Å². The van der Waals surface area contributed by atoms with Crippen LogP contribution in [0.1, 0.15) is 39.2 Å². The van der Waals surface area contributed by atoms with Crippen molar-refractivity contribution >= 4 is 27.2 Å². The highest BCUT2D eigenvalue weighted by molar-refractivity contribution is 7.92. The fraction of sp³-hybridized carbons (Fsp3) is 0.480. The van der Waals surface area contributed by atoms with Crippen LogP contribution in [0.2, 0.25) is 0 Å². The van der Waals surface area contributed by atoms with Crippen molar-refractivity contribution in [3.8, 4) is 5.75 Å². The maximum atomic E-state index is 16.2. The van der Waals surface area contributed by atoms with Gasteiger partial charge in [-0.25, -0.2) is 26.0 Å². The van der Waals surface area contributed by atoms with E-state index >= 15 is 4.39 Å². The smallest absolute Gasteiger partial charge is 0.420 e. The van der Waals surface area contributed by atoms with Crippen LogP contribution >= 0.6 is 0 Å². The highest BCUT2D eigenvalue weighted by atomic mass is 32.2. The van der Waals surface area contributed by atoms with E-state index < -0.39 is 98.4 Å². The molecule has 14 heteroatoms. The number of carboxylic acids is 1. The predicted octanol–water partition coefficient (Wildman–Crippen LogP) is 6.61. The van der Waals surface area contributed by atoms with E-state index in [4.69, 9.17) is 9.84 Å². The number of halogens is 7. The lowest BCUT2D eigenvalue weighted by Gasteiger charge is -2.32. The topological polar surface area (TPSA) is 83.9 Å². The first-order valence-electron chi connectivity index (χ1n) is 11.7. The van der Waals surface area contributed by atoms with Crippen LogP contribution in [-0.2, 0) is 20.8 Å². The van der Waals surface area contributed by atoms with E-state index in [0.29, 0.717) is 26.0 Å². The molecule has 0 bridgehead atoms. The summed E-state index contributed by atoms with van der Waals surface area (Å²) in [6, 6.07) is 5.05. The molecule has 3 atom stereocenters. The van der Waals surface area contributed by atoms with Crippen LogP contribution < -0.4 is 9.64 Å². The largest absolute Gasteiger partial charge is 0.492 e. The lowest BCUT2D eigenvalue weighted by atomic mass is 9.95. The summed E-state index contributed by atoms with van der Waals surface area (Å²) in [5.41, 5.74) is -2.11. The number of hydrogen-bond donors (Lipinski definition) is 1. The average molecular weight is 586 g/mol. The van der Waals surface area contributed by atoms with Crippen molar-refractivity contribution in [3.05, 3.63) is 47.8 Å². The number of ether oxygens (including phenoxy) is 1. The number of aliphatic carboxylic acids is 1. The van der Waals surface area contributed by atoms with Gasteiger partial charge in [0.15, 0.2) is 0 Å². The molecule has 0 saturated heterocycles. The van der Waals surface area contributed by atoms with Crippen molar-refractivity contribution in [1.82, 2.24) is 0 Å². The molecule has 216 valence electrons. The van der Waals surface area contributed by atoms with Crippen LogP contribution in [0, 0.1) is 17.7 Å². The first-order valence-corrected chi connectivity index (χ1v) is 13.2. The zero-order valence-corrected chi connectivity index (χ0v) is 21.8. The van der Waals surface area contributed by atoms with Gasteiger partial charge in [0.2, 0.25) is 20.8 Å². The molecule has 0 spiro atoms. The molecule has 39 heavy (non-hydrogen) atoms. The summed E-state index contributed by atoms with van der Waals surface area (Å²) in [6.07, 6.45) is -6.67. The van der Waals surface area contributed by atoms with Gasteiger partial charge in [-0.1, -0.05) is 0 Å². The third kappa shape index (κ3) is 6.42. The number of carboxylic acid groups (broad SMARTS) is 1. The van der Waals surface area contributed by atoms with Gasteiger partial charge >= 0.3 is 12.1 Å². The summed E-state index contributed by atoms with van der Waals surface area (Å²) < 4.78 is 132. The van der Waals surface area contributed by atoms with Gasteiger partial charge in [0, 0.05) is 30.6 Å². The van der Waals surface area contributed by atoms with E-state index in [2.05, 4.69) is 0 Å². The van der Waals surface area contributed by atoms with Crippen LogP contribution in [0.25, 0.3) is 0 Å². The first kappa shape index (κ1) is 30.5. The van der Waals surface area contributed by atoms with Crippen molar-refractivity contribution in [3.63, 3.8) is 0 Å². The SMILES string of the molecule is C[C@H](COc1cc2c(cc1C(F)(F)F)N(c1ccc(F)cc1)C[C@H](CCC(C)(F)F)[C@](C)(F)S2(=O)=O)C(=O)O. The highest BCUT2D eigenvalue weighted by Gasteiger charge is 2.53. The molecule has 1 heterocycles. The van der Waals surface area contributed by atoms with Crippen LogP contribution in [0.5, 0.6) is 5.75 Å². The van der Waals surface area contributed by atoms with Crippen LogP contribution in [0.4, 0.5) is 42.1 Å². The van der Waals surface area contributed by atoms with Crippen LogP contribution in [-0.4, -0.2) is 43.6 Å². The lowest BCUT2D eigenvalue weighted by molar-refractivity contribution is -0.142. The second-order valence-electron chi connectivity index (χ2n) is 9.75. The highest BCUT2D eigenvalue weighted by Crippen LogP contribution is 2.50. The van der Waals surface area contributed by atoms with Crippen molar-refractivity contribution in [2.75, 3.05) is 18.1 Å². The normalized spacial score (nSPS) is 22.1. The summed E-state index contributed by atoms with van der Waals surface area (Å²) in [7, 11) is -5.15. The molecule has 2 aromatic rings. The van der Waals surface area contributed by atoms with Gasteiger partial charge in [-0.2, -0.15) is 13.2 Å². The number of alkyl halides is 6. The Hall–Kier alpha value is -3.03. The lowest BCUT2D eigenvalue weighted by Crippen LogP contribution is -2.41. The average Bonchev–Trinajstić information content (AvgIpc) is 2.86. The number of benzene rings is 2. The van der Waals surface area contributed by atoms with Gasteiger partial charge in [-0.05, 0) is 57.5 Å². The molecule has 1 aliphatic rings. The summed E-state index contributed by atoms with van der Waals surface area (Å²) in [5.74, 6) is -9.36. The molecule has 0 aromatic heterocycles. The molecule has 0 radical (unpaired) electrons. The van der Waals surface area contributed by atoms with E-state index in [1.54, 1.807) is 0 Å². The predicted molar refractivity (Wildman–Crippen MR) is 127 cm³/mol. The molecule has 0 aliphatic carbocycles. The fourth-order valence-electron chi connectivity index (χ4n) is 4.16. The molecule has 1 aliphatic heterocycles. The zero-order valence-electron chi connectivity index (χ0n) is 21.0. The van der Waals surface area contributed by atoms with Gasteiger partial charge < -0.3 is 14.7 Å². The number of fused-ring (bicyclic) bond motifs is 1. The Bertz CT molecular complexity index is 1320. The van der Waals surface area contributed by atoms with Crippen molar-refractivity contribution in [2.24, 2.45) is 11.8 Å². The summed E-state index contributed by atoms with van der Waals surface area (Å²) >= 11 is 0. The molecular formula is C25H26F7NO5S. The van der Waals surface area contributed by atoms with E-state index in [1.165, 1.54) is 0 Å². The summed E-state index contributed by atoms with van der Waals surface area (Å²) in [5, 5.41) is 5.84. The number of nitrogens with zero attached hydrogens (tertiary/aromatic N) is 1. The zero-order chi connectivity index (χ0) is 29.6. The van der Waals surface area contributed by atoms with Crippen LogP contribution in [0.15, 0.2) is 41.3 Å². The number of rotatable bonds is 8. The Kier molecular flexibility index (Phi) is 8.22. The Morgan fingerprint density at radius 2 is 1.77 bits per heavy atom. The Labute approximate surface area is 220 Å². The maximum Gasteiger partial charge on any atom is 0.420 e. The summed E-state index contributed by atoms with van der Waals surface area (Å²) in [4.78, 5) is 11.2. The minimum absolute atomic E-state index is 0.0138. The molecule has 3 rings (SSSR count). The molecule has 0 fully saturated rings. The number of carbonyl (C=O) groups is 1. The minimum atomic E-state index is -5.15. The molecule has 0 amide bonds. The second-order valence-corrected chi connectivity index (χ2v) is 12.0. The maximum absolute atomic E-state index is 16.2. The Morgan fingerprint density at radius 1 is 1.18 bits per heavy atom. The molecule has 6 nitrogen and oxygen atoms in total. The fourth-order valence-corrected chi connectivity index (χ4v) is 5.93. The van der Waals surface area contributed by atoms with E-state index in [-0.39, 0.29) is 5.69 Å². The molecule has 2 aromatic carbocycles. The first-order chi connectivity index (χ1) is 17.8. The molecule has 1 N–H and O–H groups in total. The number of anilines is 2. The van der Waals surface area contributed by atoms with Crippen LogP contribution in [0.3, 0.4) is 0 Å². The third-order valence-corrected chi connectivity index (χ3v) is 8.88. The molecule has 0 unspecified atom stereocenters. The second kappa shape index (κ2) is 10.5. The van der Waals surface area contributed by atoms with Gasteiger partial charge in [0.05, 0.1) is 22.1 Å². The van der Waals surface area contributed by atoms with Crippen molar-refractivity contribution in [1.29, 1.82) is 0 Å². The van der Waals surface area contributed by atoms with Gasteiger partial charge in [-0.15, -0.1) is 0 Å². The van der Waals surface area contributed by atoms with Crippen molar-refractivity contribution in [2.45, 2.75) is 55.6 Å². The van der Waals surface area contributed by atoms with Gasteiger partial charge in [0.25, 0.3) is 0 Å². The van der Waals surface area contributed by atoms with Gasteiger partial charge in [0.1, 0.15) is 18.2 Å². The third-order valence-electron chi connectivity index (χ3n) is 6.58. The summed E-state index contributed by atoms with van der Waals surface area (Å²) in [6.45, 7) is 0.981.